The van der Waals surface area contributed by atoms with E-state index in [1.807, 2.05) is 19.1 Å². The van der Waals surface area contributed by atoms with Gasteiger partial charge in [-0.2, -0.15) is 9.97 Å². The largest absolute Gasteiger partial charge is 0.508 e. The molecule has 1 saturated carbocycles. The molecule has 364 valence electrons. The fourth-order valence-corrected chi connectivity index (χ4v) is 12.8. The summed E-state index contributed by atoms with van der Waals surface area (Å²) in [6.07, 6.45) is 8.98. The average Bonchev–Trinajstić information content (AvgIpc) is 3.93. The van der Waals surface area contributed by atoms with Gasteiger partial charge in [-0.1, -0.05) is 13.0 Å². The van der Waals surface area contributed by atoms with Crippen LogP contribution in [0.15, 0.2) is 42.5 Å². The number of benzene rings is 3. The predicted octanol–water partition coefficient (Wildman–Crippen LogP) is 4.99. The zero-order valence-electron chi connectivity index (χ0n) is 39.9. The maximum atomic E-state index is 15.2. The minimum Gasteiger partial charge on any atom is -0.508 e. The van der Waals surface area contributed by atoms with Crippen LogP contribution in [0.3, 0.4) is 0 Å². The first-order valence-corrected chi connectivity index (χ1v) is 25.8. The number of imide groups is 1. The first kappa shape index (κ1) is 44.6. The highest BCUT2D eigenvalue weighted by Crippen LogP contribution is 2.47. The van der Waals surface area contributed by atoms with Crippen molar-refractivity contribution in [3.05, 3.63) is 76.2 Å². The molecule has 3 amide bonds. The number of carbonyl (C=O) groups excluding carboxylic acids is 3. The van der Waals surface area contributed by atoms with Crippen LogP contribution >= 0.6 is 0 Å². The van der Waals surface area contributed by atoms with Crippen molar-refractivity contribution in [3.8, 4) is 11.8 Å². The Kier molecular flexibility index (Phi) is 11.6. The number of halogens is 1. The molecule has 16 heteroatoms. The molecule has 8 aliphatic rings. The van der Waals surface area contributed by atoms with Crippen LogP contribution in [0.4, 0.5) is 21.6 Å². The van der Waals surface area contributed by atoms with E-state index in [9.17, 15) is 19.5 Å². The third-order valence-corrected chi connectivity index (χ3v) is 16.9. The van der Waals surface area contributed by atoms with Gasteiger partial charge in [0.05, 0.1) is 18.8 Å². The summed E-state index contributed by atoms with van der Waals surface area (Å²) in [7, 11) is 0. The molecule has 6 fully saturated rings. The number of phenols is 1. The molecular formula is C53H65FN10O5. The lowest BCUT2D eigenvalue weighted by Crippen LogP contribution is -2.52. The van der Waals surface area contributed by atoms with Gasteiger partial charge in [0.15, 0.2) is 0 Å². The lowest BCUT2D eigenvalue weighted by molar-refractivity contribution is -0.136. The molecule has 4 aromatic rings. The molecule has 3 aromatic carbocycles. The van der Waals surface area contributed by atoms with Gasteiger partial charge in [-0.25, -0.2) is 4.39 Å². The Bertz CT molecular complexity index is 2670. The minimum absolute atomic E-state index is 0.109. The molecule has 15 nitrogen and oxygen atoms in total. The molecule has 7 aliphatic heterocycles. The summed E-state index contributed by atoms with van der Waals surface area (Å²) in [5, 5.41) is 18.7. The van der Waals surface area contributed by atoms with Gasteiger partial charge >= 0.3 is 6.01 Å². The number of carbonyl (C=O) groups is 3. The molecule has 2 unspecified atom stereocenters. The van der Waals surface area contributed by atoms with Crippen molar-refractivity contribution in [2.24, 2.45) is 11.3 Å². The Morgan fingerprint density at radius 3 is 2.38 bits per heavy atom. The number of rotatable bonds is 12. The number of piperazine rings is 2. The number of nitrogens with zero attached hydrogens (tertiary/aromatic N) is 8. The Hall–Kier alpha value is -5.58. The smallest absolute Gasteiger partial charge is 0.318 e. The topological polar surface area (TPSA) is 150 Å². The molecular weight excluding hydrogens is 876 g/mol. The van der Waals surface area contributed by atoms with E-state index in [2.05, 4.69) is 41.2 Å². The van der Waals surface area contributed by atoms with Crippen LogP contribution in [0.5, 0.6) is 11.8 Å². The van der Waals surface area contributed by atoms with E-state index in [4.69, 9.17) is 14.7 Å². The summed E-state index contributed by atoms with van der Waals surface area (Å²) >= 11 is 0. The van der Waals surface area contributed by atoms with Crippen LogP contribution in [-0.4, -0.2) is 144 Å². The second kappa shape index (κ2) is 18.0. The number of nitrogens with one attached hydrogen (secondary N) is 2. The Labute approximate surface area is 403 Å². The van der Waals surface area contributed by atoms with Crippen molar-refractivity contribution in [2.75, 3.05) is 93.3 Å². The lowest BCUT2D eigenvalue weighted by atomic mass is 9.94. The number of hydrogen-bond acceptors (Lipinski definition) is 13. The summed E-state index contributed by atoms with van der Waals surface area (Å²) in [6.45, 7) is 14.3. The number of piperidine rings is 2. The van der Waals surface area contributed by atoms with Crippen molar-refractivity contribution in [1.29, 1.82) is 0 Å². The molecule has 69 heavy (non-hydrogen) atoms. The Morgan fingerprint density at radius 1 is 0.826 bits per heavy atom. The van der Waals surface area contributed by atoms with Crippen LogP contribution in [0.25, 0.3) is 10.8 Å². The van der Waals surface area contributed by atoms with Crippen molar-refractivity contribution < 1.29 is 28.6 Å². The second-order valence-corrected chi connectivity index (χ2v) is 21.4. The predicted molar refractivity (Wildman–Crippen MR) is 261 cm³/mol. The molecule has 1 aromatic heterocycles. The lowest BCUT2D eigenvalue weighted by Gasteiger charge is -2.40. The number of ether oxygens (including phenoxy) is 1. The second-order valence-electron chi connectivity index (χ2n) is 21.4. The number of aryl methyl sites for hydroxylation is 1. The first-order valence-electron chi connectivity index (χ1n) is 25.8. The summed E-state index contributed by atoms with van der Waals surface area (Å²) in [4.78, 5) is 61.9. The van der Waals surface area contributed by atoms with E-state index in [1.54, 1.807) is 23.1 Å². The van der Waals surface area contributed by atoms with Crippen LogP contribution in [-0.2, 0) is 35.5 Å². The van der Waals surface area contributed by atoms with E-state index in [1.165, 1.54) is 37.3 Å². The van der Waals surface area contributed by atoms with E-state index in [0.29, 0.717) is 67.7 Å². The molecule has 12 rings (SSSR count). The zero-order chi connectivity index (χ0) is 47.0. The number of likely N-dealkylation sites (tertiary alicyclic amines) is 1. The number of anilines is 3. The van der Waals surface area contributed by atoms with E-state index >= 15 is 4.39 Å². The average molecular weight is 941 g/mol. The monoisotopic (exact) mass is 941 g/mol. The third-order valence-electron chi connectivity index (χ3n) is 16.9. The number of phenolic OH excluding ortho intramolecular Hbond substituents is 1. The summed E-state index contributed by atoms with van der Waals surface area (Å²) in [5.74, 6) is 0.857. The number of hydrogen-bond donors (Lipinski definition) is 3. The Balaban J connectivity index is 0.657. The van der Waals surface area contributed by atoms with Gasteiger partial charge in [-0.3, -0.25) is 24.6 Å². The molecule has 5 saturated heterocycles. The van der Waals surface area contributed by atoms with Crippen LogP contribution in [0.1, 0.15) is 91.0 Å². The molecule has 3 N–H and O–H groups in total. The molecule has 1 aliphatic carbocycles. The molecule has 3 atom stereocenters. The summed E-state index contributed by atoms with van der Waals surface area (Å²) in [6, 6.07) is 13.6. The van der Waals surface area contributed by atoms with E-state index in [0.717, 1.165) is 130 Å². The summed E-state index contributed by atoms with van der Waals surface area (Å²) in [5.41, 5.74) is 6.48. The van der Waals surface area contributed by atoms with Crippen LogP contribution in [0.2, 0.25) is 0 Å². The van der Waals surface area contributed by atoms with Gasteiger partial charge in [-0.15, -0.1) is 0 Å². The van der Waals surface area contributed by atoms with Crippen LogP contribution in [0, 0.1) is 17.2 Å². The third kappa shape index (κ3) is 8.75. The number of aromatic nitrogens is 2. The van der Waals surface area contributed by atoms with Crippen molar-refractivity contribution in [3.63, 3.8) is 0 Å². The summed E-state index contributed by atoms with van der Waals surface area (Å²) < 4.78 is 21.9. The first-order chi connectivity index (χ1) is 33.5. The number of amides is 3. The zero-order valence-corrected chi connectivity index (χ0v) is 39.9. The van der Waals surface area contributed by atoms with E-state index < -0.39 is 6.04 Å². The fourth-order valence-electron chi connectivity index (χ4n) is 12.8. The van der Waals surface area contributed by atoms with Gasteiger partial charge in [-0.05, 0) is 124 Å². The van der Waals surface area contributed by atoms with Gasteiger partial charge in [0.2, 0.25) is 11.8 Å². The van der Waals surface area contributed by atoms with Gasteiger partial charge < -0.3 is 39.7 Å². The van der Waals surface area contributed by atoms with Crippen molar-refractivity contribution in [1.82, 2.24) is 35.3 Å². The highest BCUT2D eigenvalue weighted by molar-refractivity contribution is 6.05. The molecule has 0 radical (unpaired) electrons. The fraction of sp³-hybridized carbons (Fsp3) is 0.566. The molecule has 2 bridgehead atoms. The Morgan fingerprint density at radius 2 is 1.62 bits per heavy atom. The van der Waals surface area contributed by atoms with Crippen molar-refractivity contribution >= 4 is 45.7 Å². The SMILES string of the molecule is CCc1c(F)ccc2cc(O)cc(N3CCc4c(nc(OCC5(CN6CCC(CN7CCN(c8ccc9c(c8)CN([C@H]8CCC(=O)NC8=O)C9=O)CC7)CC6)CC5)nc4N4CC5CCC(C4)N5)C3)c12. The highest BCUT2D eigenvalue weighted by atomic mass is 19.1. The quantitative estimate of drug-likeness (QED) is 0.164. The minimum atomic E-state index is -0.599. The highest BCUT2D eigenvalue weighted by Gasteiger charge is 2.46. The van der Waals surface area contributed by atoms with Gasteiger partial charge in [0.25, 0.3) is 5.91 Å². The normalized spacial score (nSPS) is 25.1. The number of fused-ring (bicyclic) bond motifs is 5. The molecule has 8 heterocycles. The molecule has 0 spiro atoms. The van der Waals surface area contributed by atoms with E-state index in [-0.39, 0.29) is 41.1 Å². The maximum Gasteiger partial charge on any atom is 0.318 e. The van der Waals surface area contributed by atoms with Gasteiger partial charge in [0, 0.05) is 123 Å². The maximum absolute atomic E-state index is 15.2. The van der Waals surface area contributed by atoms with Crippen molar-refractivity contribution in [2.45, 2.75) is 102 Å². The standard InChI is InChI=1S/C53H65FN10O5/c1-2-40-43(54)8-3-34-24-39(65)25-46(48(34)40)62-18-13-42-44(30-62)56-52(58-49(42)63-28-36-4-5-37(29-63)55-36)69-32-53(14-15-53)31-60-16-11-33(12-17-60)26-59-19-21-61(22-20-59)38-6-7-41-35(23-38)27-64(51(41)68)45-9-10-47(66)57-50(45)67/h3,6-8,23-25,33,36-37,45,55,65H,2,4-5,9-22,26-32H2,1H3,(H,57,66,67)/t36?,37?,45-/m0/s1. The van der Waals surface area contributed by atoms with Gasteiger partial charge in [0.1, 0.15) is 23.4 Å². The van der Waals surface area contributed by atoms with Crippen LogP contribution < -0.4 is 30.1 Å². The number of aromatic hydroxyl groups is 1.